The van der Waals surface area contributed by atoms with E-state index >= 15 is 0 Å². The molecule has 0 aromatic carbocycles. The van der Waals surface area contributed by atoms with Crippen molar-refractivity contribution < 1.29 is 4.79 Å². The van der Waals surface area contributed by atoms with Crippen molar-refractivity contribution in [2.45, 2.75) is 32.2 Å². The molecular weight excluding hydrogens is 232 g/mol. The lowest BCUT2D eigenvalue weighted by molar-refractivity contribution is -0.134. The van der Waals surface area contributed by atoms with Crippen molar-refractivity contribution in [3.05, 3.63) is 21.9 Å². The molecule has 1 aromatic rings. The number of nitrogens with zero attached hydrogens (tertiary/aromatic N) is 1. The van der Waals surface area contributed by atoms with Gasteiger partial charge in [0.2, 0.25) is 5.91 Å². The fourth-order valence-electron chi connectivity index (χ4n) is 2.51. The molecule has 0 spiro atoms. The van der Waals surface area contributed by atoms with Crippen molar-refractivity contribution in [2.24, 2.45) is 0 Å². The summed E-state index contributed by atoms with van der Waals surface area (Å²) in [5.74, 6) is 0.281. The molecule has 1 N–H and O–H groups in total. The zero-order valence-electron chi connectivity index (χ0n) is 10.5. The van der Waals surface area contributed by atoms with Crippen LogP contribution in [0, 0.1) is 0 Å². The van der Waals surface area contributed by atoms with Gasteiger partial charge in [-0.15, -0.1) is 11.3 Å². The molecule has 1 aliphatic rings. The summed E-state index contributed by atoms with van der Waals surface area (Å²) in [7, 11) is 1.89. The molecule has 1 unspecified atom stereocenters. The molecule has 0 saturated carbocycles. The van der Waals surface area contributed by atoms with Crippen molar-refractivity contribution in [3.63, 3.8) is 0 Å². The third-order valence-corrected chi connectivity index (χ3v) is 4.39. The Bertz CT molecular complexity index is 389. The predicted molar refractivity (Wildman–Crippen MR) is 71.3 cm³/mol. The number of hydrogen-bond donors (Lipinski definition) is 1. The zero-order valence-corrected chi connectivity index (χ0v) is 11.3. The van der Waals surface area contributed by atoms with E-state index in [9.17, 15) is 4.79 Å². The summed E-state index contributed by atoms with van der Waals surface area (Å²) >= 11 is 1.83. The Hall–Kier alpha value is -0.870. The highest BCUT2D eigenvalue weighted by Gasteiger charge is 2.29. The Morgan fingerprint density at radius 2 is 2.47 bits per heavy atom. The van der Waals surface area contributed by atoms with Crippen LogP contribution in [0.2, 0.25) is 0 Å². The van der Waals surface area contributed by atoms with Gasteiger partial charge in [0.15, 0.2) is 0 Å². The van der Waals surface area contributed by atoms with Crippen LogP contribution >= 0.6 is 11.3 Å². The highest BCUT2D eigenvalue weighted by molar-refractivity contribution is 7.10. The fourth-order valence-corrected chi connectivity index (χ4v) is 3.44. The lowest BCUT2D eigenvalue weighted by Gasteiger charge is -2.35. The first-order valence-corrected chi connectivity index (χ1v) is 7.16. The van der Waals surface area contributed by atoms with Gasteiger partial charge in [-0.25, -0.2) is 0 Å². The Labute approximate surface area is 107 Å². The van der Waals surface area contributed by atoms with Gasteiger partial charge < -0.3 is 10.2 Å². The Balaban J connectivity index is 2.12. The second-order valence-corrected chi connectivity index (χ2v) is 5.41. The third kappa shape index (κ3) is 2.53. The van der Waals surface area contributed by atoms with Gasteiger partial charge in [-0.2, -0.15) is 0 Å². The number of carbonyl (C=O) groups excluding carboxylic acids is 1. The molecule has 1 atom stereocenters. The highest BCUT2D eigenvalue weighted by atomic mass is 32.1. The Kier molecular flexibility index (Phi) is 4.18. The smallest absolute Gasteiger partial charge is 0.224 e. The average molecular weight is 252 g/mol. The SMILES string of the molecule is CCC1c2ccsc2CCN1C(=O)CCNC. The van der Waals surface area contributed by atoms with Gasteiger partial charge in [0.1, 0.15) is 0 Å². The number of carbonyl (C=O) groups is 1. The monoisotopic (exact) mass is 252 g/mol. The van der Waals surface area contributed by atoms with Crippen LogP contribution in [0.1, 0.15) is 36.2 Å². The van der Waals surface area contributed by atoms with E-state index in [0.717, 1.165) is 25.9 Å². The van der Waals surface area contributed by atoms with Crippen molar-refractivity contribution >= 4 is 17.2 Å². The number of hydrogen-bond acceptors (Lipinski definition) is 3. The van der Waals surface area contributed by atoms with Gasteiger partial charge >= 0.3 is 0 Å². The fraction of sp³-hybridized carbons (Fsp3) is 0.615. The van der Waals surface area contributed by atoms with Crippen LogP contribution < -0.4 is 5.32 Å². The predicted octanol–water partition coefficient (Wildman–Crippen LogP) is 2.19. The van der Waals surface area contributed by atoms with Crippen molar-refractivity contribution in [3.8, 4) is 0 Å². The van der Waals surface area contributed by atoms with Gasteiger partial charge in [0.25, 0.3) is 0 Å². The summed E-state index contributed by atoms with van der Waals surface area (Å²) in [6.07, 6.45) is 2.64. The van der Waals surface area contributed by atoms with Gasteiger partial charge in [-0.3, -0.25) is 4.79 Å². The van der Waals surface area contributed by atoms with E-state index in [1.54, 1.807) is 0 Å². The van der Waals surface area contributed by atoms with E-state index in [0.29, 0.717) is 12.5 Å². The minimum Gasteiger partial charge on any atom is -0.335 e. The van der Waals surface area contributed by atoms with Crippen LogP contribution in [0.25, 0.3) is 0 Å². The van der Waals surface area contributed by atoms with Crippen molar-refractivity contribution in [1.82, 2.24) is 10.2 Å². The summed E-state index contributed by atoms with van der Waals surface area (Å²) in [4.78, 5) is 15.7. The summed E-state index contributed by atoms with van der Waals surface area (Å²) in [5, 5.41) is 5.19. The molecule has 1 amide bonds. The number of rotatable bonds is 4. The maximum atomic E-state index is 12.1. The number of amides is 1. The van der Waals surface area contributed by atoms with Gasteiger partial charge in [-0.1, -0.05) is 6.92 Å². The molecule has 17 heavy (non-hydrogen) atoms. The van der Waals surface area contributed by atoms with Gasteiger partial charge in [0.05, 0.1) is 6.04 Å². The van der Waals surface area contributed by atoms with Crippen LogP contribution in [0.3, 0.4) is 0 Å². The quantitative estimate of drug-likeness (QED) is 0.891. The summed E-state index contributed by atoms with van der Waals surface area (Å²) in [5.41, 5.74) is 1.38. The molecule has 0 radical (unpaired) electrons. The summed E-state index contributed by atoms with van der Waals surface area (Å²) < 4.78 is 0. The molecule has 4 heteroatoms. The lowest BCUT2D eigenvalue weighted by Crippen LogP contribution is -2.40. The van der Waals surface area contributed by atoms with Gasteiger partial charge in [-0.05, 0) is 36.9 Å². The number of nitrogens with one attached hydrogen (secondary N) is 1. The first kappa shape index (κ1) is 12.6. The van der Waals surface area contributed by atoms with E-state index < -0.39 is 0 Å². The van der Waals surface area contributed by atoms with Crippen LogP contribution in [0.15, 0.2) is 11.4 Å². The summed E-state index contributed by atoms with van der Waals surface area (Å²) in [6.45, 7) is 3.81. The highest BCUT2D eigenvalue weighted by Crippen LogP contribution is 2.35. The maximum absolute atomic E-state index is 12.1. The lowest BCUT2D eigenvalue weighted by atomic mass is 9.97. The average Bonchev–Trinajstić information content (AvgIpc) is 2.82. The van der Waals surface area contributed by atoms with Crippen LogP contribution in [-0.4, -0.2) is 30.9 Å². The second-order valence-electron chi connectivity index (χ2n) is 4.41. The van der Waals surface area contributed by atoms with E-state index in [-0.39, 0.29) is 5.91 Å². The molecule has 2 rings (SSSR count). The maximum Gasteiger partial charge on any atom is 0.224 e. The largest absolute Gasteiger partial charge is 0.335 e. The summed E-state index contributed by atoms with van der Waals surface area (Å²) in [6, 6.07) is 2.49. The minimum atomic E-state index is 0.281. The molecule has 0 fully saturated rings. The van der Waals surface area contributed by atoms with E-state index in [1.165, 1.54) is 10.4 Å². The van der Waals surface area contributed by atoms with Crippen LogP contribution in [-0.2, 0) is 11.2 Å². The Morgan fingerprint density at radius 3 is 3.18 bits per heavy atom. The molecule has 3 nitrogen and oxygen atoms in total. The minimum absolute atomic E-state index is 0.281. The first-order valence-electron chi connectivity index (χ1n) is 6.28. The van der Waals surface area contributed by atoms with Gasteiger partial charge in [0, 0.05) is 24.4 Å². The van der Waals surface area contributed by atoms with E-state index in [2.05, 4.69) is 28.6 Å². The van der Waals surface area contributed by atoms with Crippen molar-refractivity contribution in [1.29, 1.82) is 0 Å². The molecule has 0 aliphatic carbocycles. The molecule has 2 heterocycles. The third-order valence-electron chi connectivity index (χ3n) is 3.39. The molecule has 0 saturated heterocycles. The first-order chi connectivity index (χ1) is 8.27. The topological polar surface area (TPSA) is 32.3 Å². The van der Waals surface area contributed by atoms with Crippen LogP contribution in [0.4, 0.5) is 0 Å². The molecule has 1 aliphatic heterocycles. The van der Waals surface area contributed by atoms with Crippen molar-refractivity contribution in [2.75, 3.05) is 20.1 Å². The Morgan fingerprint density at radius 1 is 1.65 bits per heavy atom. The zero-order chi connectivity index (χ0) is 12.3. The second kappa shape index (κ2) is 5.65. The molecule has 0 bridgehead atoms. The number of fused-ring (bicyclic) bond motifs is 1. The molecule has 94 valence electrons. The standard InChI is InChI=1S/C13H20N2OS/c1-3-11-10-6-9-17-12(10)5-8-15(11)13(16)4-7-14-2/h6,9,11,14H,3-5,7-8H2,1-2H3. The molecule has 1 aromatic heterocycles. The van der Waals surface area contributed by atoms with E-state index in [4.69, 9.17) is 0 Å². The normalized spacial score (nSPS) is 19.2. The van der Waals surface area contributed by atoms with E-state index in [1.807, 2.05) is 18.4 Å². The van der Waals surface area contributed by atoms with Crippen LogP contribution in [0.5, 0.6) is 0 Å². The number of thiophene rings is 1. The molecular formula is C13H20N2OS.